The maximum absolute atomic E-state index is 11.5. The summed E-state index contributed by atoms with van der Waals surface area (Å²) in [5.74, 6) is -1.65. The number of carboxylic acid groups (broad SMARTS) is 1. The summed E-state index contributed by atoms with van der Waals surface area (Å²) in [7, 11) is 0. The van der Waals surface area contributed by atoms with Crippen molar-refractivity contribution in [2.45, 2.75) is 38.6 Å². The Morgan fingerprint density at radius 2 is 1.88 bits per heavy atom. The summed E-state index contributed by atoms with van der Waals surface area (Å²) in [6, 6.07) is -3.08. The number of urea groups is 1. The van der Waals surface area contributed by atoms with Crippen LogP contribution in [-0.2, 0) is 16.1 Å². The summed E-state index contributed by atoms with van der Waals surface area (Å²) in [6.45, 7) is 2.01. The number of nitrogens with two attached hydrogens (primary N) is 2. The summed E-state index contributed by atoms with van der Waals surface area (Å²) in [5.41, 5.74) is 9.93. The summed E-state index contributed by atoms with van der Waals surface area (Å²) in [5, 5.41) is 38.3. The molecule has 0 aliphatic rings. The Balaban J connectivity index is 0.00000129. The third-order valence-electron chi connectivity index (χ3n) is 2.43. The number of rotatable bonds is 7. The number of carbonyl (C=O) groups is 3. The number of hydrogen-bond donors (Lipinski definition) is 7. The van der Waals surface area contributed by atoms with Crippen molar-refractivity contribution in [2.75, 3.05) is 6.61 Å². The number of aliphatic hydroxyl groups is 2. The highest BCUT2D eigenvalue weighted by Gasteiger charge is 2.25. The van der Waals surface area contributed by atoms with E-state index in [0.29, 0.717) is 0 Å². The van der Waals surface area contributed by atoms with E-state index in [9.17, 15) is 19.5 Å². The monoisotopic (exact) mass is 362 g/mol. The molecule has 0 radical (unpaired) electrons. The SMILES string of the molecule is CC(N)=O.CC(O)C(NC(=O)NCc1nnc(C(N)CO)o1)C(=O)O. The zero-order valence-corrected chi connectivity index (χ0v) is 13.7. The largest absolute Gasteiger partial charge is 0.480 e. The number of nitrogens with zero attached hydrogens (tertiary/aromatic N) is 2. The molecule has 3 amide bonds. The summed E-state index contributed by atoms with van der Waals surface area (Å²) in [4.78, 5) is 31.5. The molecule has 3 atom stereocenters. The second-order valence-electron chi connectivity index (χ2n) is 4.82. The Kier molecular flexibility index (Phi) is 9.69. The molecule has 0 spiro atoms. The van der Waals surface area contributed by atoms with E-state index < -0.39 is 30.2 Å². The zero-order chi connectivity index (χ0) is 19.6. The van der Waals surface area contributed by atoms with Gasteiger partial charge in [-0.05, 0) is 6.92 Å². The van der Waals surface area contributed by atoms with E-state index in [4.69, 9.17) is 20.4 Å². The highest BCUT2D eigenvalue weighted by molar-refractivity contribution is 5.82. The van der Waals surface area contributed by atoms with Crippen molar-refractivity contribution in [3.63, 3.8) is 0 Å². The number of aliphatic carboxylic acids is 1. The van der Waals surface area contributed by atoms with Crippen molar-refractivity contribution in [1.82, 2.24) is 20.8 Å². The molecule has 0 saturated heterocycles. The summed E-state index contributed by atoms with van der Waals surface area (Å²) >= 11 is 0. The van der Waals surface area contributed by atoms with E-state index >= 15 is 0 Å². The molecule has 1 aromatic rings. The number of carbonyl (C=O) groups excluding carboxylic acids is 2. The second kappa shape index (κ2) is 10.9. The molecule has 25 heavy (non-hydrogen) atoms. The van der Waals surface area contributed by atoms with Crippen LogP contribution < -0.4 is 22.1 Å². The van der Waals surface area contributed by atoms with Gasteiger partial charge in [-0.2, -0.15) is 0 Å². The highest BCUT2D eigenvalue weighted by Crippen LogP contribution is 2.07. The summed E-state index contributed by atoms with van der Waals surface area (Å²) < 4.78 is 5.07. The molecule has 9 N–H and O–H groups in total. The maximum atomic E-state index is 11.5. The zero-order valence-electron chi connectivity index (χ0n) is 13.7. The van der Waals surface area contributed by atoms with Crippen LogP contribution in [-0.4, -0.2) is 62.2 Å². The molecule has 1 rings (SSSR count). The minimum absolute atomic E-state index is 0.0158. The number of primary amides is 1. The normalized spacial score (nSPS) is 13.6. The Hall–Kier alpha value is -2.77. The highest BCUT2D eigenvalue weighted by atomic mass is 16.4. The van der Waals surface area contributed by atoms with Crippen molar-refractivity contribution in [3.05, 3.63) is 11.8 Å². The molecule has 0 aliphatic carbocycles. The van der Waals surface area contributed by atoms with E-state index in [-0.39, 0.29) is 30.8 Å². The number of hydrogen-bond acceptors (Lipinski definition) is 9. The molecule has 0 saturated carbocycles. The van der Waals surface area contributed by atoms with Gasteiger partial charge in [0.2, 0.25) is 17.7 Å². The van der Waals surface area contributed by atoms with Crippen LogP contribution in [0.15, 0.2) is 4.42 Å². The van der Waals surface area contributed by atoms with Gasteiger partial charge in [-0.25, -0.2) is 9.59 Å². The van der Waals surface area contributed by atoms with Crippen LogP contribution in [0, 0.1) is 0 Å². The average molecular weight is 362 g/mol. The Morgan fingerprint density at radius 3 is 2.32 bits per heavy atom. The molecule has 1 heterocycles. The van der Waals surface area contributed by atoms with Gasteiger partial charge in [0.25, 0.3) is 0 Å². The van der Waals surface area contributed by atoms with Gasteiger partial charge in [0.15, 0.2) is 6.04 Å². The molecule has 0 fully saturated rings. The van der Waals surface area contributed by atoms with Gasteiger partial charge in [0.05, 0.1) is 19.3 Å². The molecular weight excluding hydrogens is 340 g/mol. The lowest BCUT2D eigenvalue weighted by molar-refractivity contribution is -0.141. The van der Waals surface area contributed by atoms with Crippen molar-refractivity contribution < 1.29 is 34.1 Å². The lowest BCUT2D eigenvalue weighted by Gasteiger charge is -2.16. The fourth-order valence-corrected chi connectivity index (χ4v) is 1.30. The molecule has 0 aromatic carbocycles. The molecule has 13 heteroatoms. The fourth-order valence-electron chi connectivity index (χ4n) is 1.30. The average Bonchev–Trinajstić information content (AvgIpc) is 2.97. The Morgan fingerprint density at radius 1 is 1.32 bits per heavy atom. The minimum Gasteiger partial charge on any atom is -0.480 e. The molecule has 3 unspecified atom stereocenters. The van der Waals surface area contributed by atoms with Crippen LogP contribution >= 0.6 is 0 Å². The van der Waals surface area contributed by atoms with Gasteiger partial charge in [0.1, 0.15) is 6.04 Å². The van der Waals surface area contributed by atoms with Gasteiger partial charge >= 0.3 is 12.0 Å². The lowest BCUT2D eigenvalue weighted by atomic mass is 10.2. The van der Waals surface area contributed by atoms with Crippen molar-refractivity contribution in [2.24, 2.45) is 11.5 Å². The predicted molar refractivity (Wildman–Crippen MR) is 81.7 cm³/mol. The van der Waals surface area contributed by atoms with Crippen molar-refractivity contribution in [3.8, 4) is 0 Å². The Bertz CT molecular complexity index is 572. The van der Waals surface area contributed by atoms with Gasteiger partial charge in [-0.1, -0.05) is 0 Å². The first kappa shape index (κ1) is 22.2. The van der Waals surface area contributed by atoms with Crippen LogP contribution in [0.3, 0.4) is 0 Å². The molecule has 0 aliphatic heterocycles. The lowest BCUT2D eigenvalue weighted by Crippen LogP contribution is -2.51. The van der Waals surface area contributed by atoms with Crippen LogP contribution in [0.5, 0.6) is 0 Å². The van der Waals surface area contributed by atoms with Crippen LogP contribution in [0.1, 0.15) is 31.7 Å². The van der Waals surface area contributed by atoms with Gasteiger partial charge in [-0.3, -0.25) is 4.79 Å². The van der Waals surface area contributed by atoms with E-state index in [1.165, 1.54) is 13.8 Å². The summed E-state index contributed by atoms with van der Waals surface area (Å²) in [6.07, 6.45) is -1.26. The first-order valence-corrected chi connectivity index (χ1v) is 6.98. The van der Waals surface area contributed by atoms with Gasteiger partial charge < -0.3 is 41.8 Å². The van der Waals surface area contributed by atoms with E-state index in [2.05, 4.69) is 26.6 Å². The van der Waals surface area contributed by atoms with Crippen LogP contribution in [0.2, 0.25) is 0 Å². The molecule has 142 valence electrons. The molecule has 13 nitrogen and oxygen atoms in total. The van der Waals surface area contributed by atoms with Crippen molar-refractivity contribution in [1.29, 1.82) is 0 Å². The standard InChI is InChI=1S/C10H17N5O6.C2H5NO/c1-4(17)7(9(18)19)13-10(20)12-2-6-14-15-8(21-6)5(11)3-16;1-2(3)4/h4-5,7,16-17H,2-3,11H2,1H3,(H,18,19)(H2,12,13,20);1H3,(H2,3,4). The molecule has 1 aromatic heterocycles. The fraction of sp³-hybridized carbons (Fsp3) is 0.583. The van der Waals surface area contributed by atoms with Crippen LogP contribution in [0.25, 0.3) is 0 Å². The number of carboxylic acids is 1. The first-order chi connectivity index (χ1) is 11.6. The van der Waals surface area contributed by atoms with Crippen LogP contribution in [0.4, 0.5) is 4.79 Å². The number of aromatic nitrogens is 2. The third kappa shape index (κ3) is 9.19. The number of aliphatic hydroxyl groups excluding tert-OH is 2. The third-order valence-corrected chi connectivity index (χ3v) is 2.43. The molecular formula is C12H22N6O7. The Labute approximate surface area is 142 Å². The maximum Gasteiger partial charge on any atom is 0.328 e. The van der Waals surface area contributed by atoms with Gasteiger partial charge in [0, 0.05) is 6.92 Å². The predicted octanol–water partition coefficient (Wildman–Crippen LogP) is -2.81. The number of amides is 3. The van der Waals surface area contributed by atoms with Crippen molar-refractivity contribution >= 4 is 17.9 Å². The smallest absolute Gasteiger partial charge is 0.328 e. The number of nitrogens with one attached hydrogen (secondary N) is 2. The van der Waals surface area contributed by atoms with E-state index in [1.54, 1.807) is 0 Å². The molecule has 0 bridgehead atoms. The first-order valence-electron chi connectivity index (χ1n) is 6.98. The van der Waals surface area contributed by atoms with Gasteiger partial charge in [-0.15, -0.1) is 10.2 Å². The van der Waals surface area contributed by atoms with E-state index in [1.807, 2.05) is 0 Å². The minimum atomic E-state index is -1.44. The van der Waals surface area contributed by atoms with E-state index in [0.717, 1.165) is 0 Å². The quantitative estimate of drug-likeness (QED) is 0.263. The second-order valence-corrected chi connectivity index (χ2v) is 4.82. The topological polar surface area (TPSA) is 227 Å².